The number of urea groups is 1. The summed E-state index contributed by atoms with van der Waals surface area (Å²) in [5.74, 6) is -0.674. The fourth-order valence-corrected chi connectivity index (χ4v) is 1.97. The van der Waals surface area contributed by atoms with Crippen molar-refractivity contribution in [1.29, 1.82) is 0 Å². The predicted molar refractivity (Wildman–Crippen MR) is 72.8 cm³/mol. The van der Waals surface area contributed by atoms with Crippen LogP contribution in [0.5, 0.6) is 5.75 Å². The lowest BCUT2D eigenvalue weighted by molar-refractivity contribution is -0.140. The van der Waals surface area contributed by atoms with E-state index in [1.54, 1.807) is 6.92 Å². The lowest BCUT2D eigenvalue weighted by Crippen LogP contribution is -2.43. The van der Waals surface area contributed by atoms with Crippen LogP contribution < -0.4 is 15.4 Å². The molecule has 0 radical (unpaired) electrons. The minimum absolute atomic E-state index is 0.0740. The van der Waals surface area contributed by atoms with Gasteiger partial charge in [-0.15, -0.1) is 0 Å². The Morgan fingerprint density at radius 2 is 2.15 bits per heavy atom. The summed E-state index contributed by atoms with van der Waals surface area (Å²) in [5, 5.41) is 13.9. The number of nitrogens with one attached hydrogen (secondary N) is 2. The summed E-state index contributed by atoms with van der Waals surface area (Å²) in [6, 6.07) is 7.40. The van der Waals surface area contributed by atoms with Crippen molar-refractivity contribution < 1.29 is 19.4 Å². The molecule has 2 amide bonds. The summed E-state index contributed by atoms with van der Waals surface area (Å²) in [4.78, 5) is 22.1. The molecule has 6 nitrogen and oxygen atoms in total. The van der Waals surface area contributed by atoms with Gasteiger partial charge in [0.1, 0.15) is 11.9 Å². The van der Waals surface area contributed by atoms with Gasteiger partial charge in [-0.25, -0.2) is 4.79 Å². The maximum Gasteiger partial charge on any atom is 0.314 e. The molecule has 1 heterocycles. The predicted octanol–water partition coefficient (Wildman–Crippen LogP) is 1.01. The second-order valence-corrected chi connectivity index (χ2v) is 4.88. The van der Waals surface area contributed by atoms with Crippen molar-refractivity contribution in [1.82, 2.24) is 10.6 Å². The van der Waals surface area contributed by atoms with Crippen molar-refractivity contribution in [3.8, 4) is 5.75 Å². The Balaban J connectivity index is 1.69. The summed E-state index contributed by atoms with van der Waals surface area (Å²) < 4.78 is 5.68. The quantitative estimate of drug-likeness (QED) is 0.750. The molecule has 6 heteroatoms. The first-order valence-electron chi connectivity index (χ1n) is 6.55. The lowest BCUT2D eigenvalue weighted by Gasteiger charge is -2.13. The Morgan fingerprint density at radius 3 is 2.85 bits per heavy atom. The van der Waals surface area contributed by atoms with Crippen LogP contribution in [-0.4, -0.2) is 36.3 Å². The molecule has 108 valence electrons. The minimum Gasteiger partial charge on any atom is -0.488 e. The highest BCUT2D eigenvalue weighted by Gasteiger charge is 2.22. The van der Waals surface area contributed by atoms with Gasteiger partial charge in [0.2, 0.25) is 0 Å². The second kappa shape index (κ2) is 6.27. The first-order chi connectivity index (χ1) is 9.56. The number of hydrogen-bond donors (Lipinski definition) is 3. The highest BCUT2D eigenvalue weighted by molar-refractivity contribution is 5.75. The van der Waals surface area contributed by atoms with E-state index >= 15 is 0 Å². The van der Waals surface area contributed by atoms with Crippen LogP contribution in [-0.2, 0) is 11.2 Å². The van der Waals surface area contributed by atoms with Crippen molar-refractivity contribution in [2.24, 2.45) is 5.92 Å². The van der Waals surface area contributed by atoms with Gasteiger partial charge >= 0.3 is 12.0 Å². The van der Waals surface area contributed by atoms with Crippen LogP contribution in [0.2, 0.25) is 0 Å². The Labute approximate surface area is 117 Å². The van der Waals surface area contributed by atoms with Crippen LogP contribution in [0.1, 0.15) is 12.5 Å². The standard InChI is InChI=1S/C14H18N2O4/c1-9(13(17)18)7-15-14(19)16-8-11-6-10-4-2-3-5-12(10)20-11/h2-5,9,11H,6-8H2,1H3,(H,17,18)(H2,15,16,19). The van der Waals surface area contributed by atoms with E-state index in [2.05, 4.69) is 10.6 Å². The summed E-state index contributed by atoms with van der Waals surface area (Å²) in [5.41, 5.74) is 1.14. The largest absolute Gasteiger partial charge is 0.488 e. The molecule has 0 aliphatic carbocycles. The van der Waals surface area contributed by atoms with Gasteiger partial charge in [-0.1, -0.05) is 25.1 Å². The van der Waals surface area contributed by atoms with Crippen LogP contribution in [0, 0.1) is 5.92 Å². The molecular weight excluding hydrogens is 260 g/mol. The number of aliphatic carboxylic acids is 1. The molecule has 1 aliphatic heterocycles. The van der Waals surface area contributed by atoms with Crippen LogP contribution in [0.15, 0.2) is 24.3 Å². The molecule has 0 aromatic heterocycles. The zero-order valence-electron chi connectivity index (χ0n) is 11.3. The average Bonchev–Trinajstić information content (AvgIpc) is 2.85. The molecule has 3 N–H and O–H groups in total. The van der Waals surface area contributed by atoms with Crippen LogP contribution in [0.3, 0.4) is 0 Å². The highest BCUT2D eigenvalue weighted by Crippen LogP contribution is 2.27. The molecule has 0 fully saturated rings. The number of hydrogen-bond acceptors (Lipinski definition) is 3. The molecule has 0 saturated heterocycles. The molecular formula is C14H18N2O4. The number of carbonyl (C=O) groups excluding carboxylic acids is 1. The SMILES string of the molecule is CC(CNC(=O)NCC1Cc2ccccc2O1)C(=O)O. The number of amides is 2. The zero-order chi connectivity index (χ0) is 14.5. The fourth-order valence-electron chi connectivity index (χ4n) is 1.97. The van der Waals surface area contributed by atoms with E-state index in [9.17, 15) is 9.59 Å². The third kappa shape index (κ3) is 3.63. The topological polar surface area (TPSA) is 87.7 Å². The molecule has 2 unspecified atom stereocenters. The van der Waals surface area contributed by atoms with E-state index in [0.717, 1.165) is 17.7 Å². The molecule has 1 aliphatic rings. The van der Waals surface area contributed by atoms with Crippen LogP contribution in [0.25, 0.3) is 0 Å². The summed E-state index contributed by atoms with van der Waals surface area (Å²) in [6.45, 7) is 2.04. The second-order valence-electron chi connectivity index (χ2n) is 4.88. The third-order valence-electron chi connectivity index (χ3n) is 3.19. The van der Waals surface area contributed by atoms with Gasteiger partial charge in [-0.3, -0.25) is 4.79 Å². The summed E-state index contributed by atoms with van der Waals surface area (Å²) in [6.07, 6.45) is 0.692. The molecule has 2 atom stereocenters. The van der Waals surface area contributed by atoms with E-state index in [1.165, 1.54) is 0 Å². The molecule has 0 saturated carbocycles. The molecule has 1 aromatic carbocycles. The van der Waals surface area contributed by atoms with Crippen LogP contribution in [0.4, 0.5) is 4.79 Å². The minimum atomic E-state index is -0.931. The maximum atomic E-state index is 11.5. The highest BCUT2D eigenvalue weighted by atomic mass is 16.5. The van der Waals surface area contributed by atoms with E-state index < -0.39 is 11.9 Å². The number of carboxylic acids is 1. The van der Waals surface area contributed by atoms with Gasteiger partial charge in [-0.2, -0.15) is 0 Å². The molecule has 0 spiro atoms. The molecule has 1 aromatic rings. The van der Waals surface area contributed by atoms with E-state index in [0.29, 0.717) is 6.54 Å². The summed E-state index contributed by atoms with van der Waals surface area (Å²) >= 11 is 0. The van der Waals surface area contributed by atoms with E-state index in [-0.39, 0.29) is 18.7 Å². The third-order valence-corrected chi connectivity index (χ3v) is 3.19. The zero-order valence-corrected chi connectivity index (χ0v) is 11.3. The van der Waals surface area contributed by atoms with Crippen molar-refractivity contribution in [3.63, 3.8) is 0 Å². The van der Waals surface area contributed by atoms with Gasteiger partial charge in [0, 0.05) is 13.0 Å². The van der Waals surface area contributed by atoms with Gasteiger partial charge in [0.05, 0.1) is 12.5 Å². The van der Waals surface area contributed by atoms with Crippen LogP contribution >= 0.6 is 0 Å². The van der Waals surface area contributed by atoms with Gasteiger partial charge in [-0.05, 0) is 11.6 Å². The van der Waals surface area contributed by atoms with Crippen molar-refractivity contribution in [3.05, 3.63) is 29.8 Å². The Hall–Kier alpha value is -2.24. The van der Waals surface area contributed by atoms with E-state index in [4.69, 9.17) is 9.84 Å². The maximum absolute atomic E-state index is 11.5. The Morgan fingerprint density at radius 1 is 1.40 bits per heavy atom. The van der Waals surface area contributed by atoms with Crippen molar-refractivity contribution in [2.75, 3.05) is 13.1 Å². The number of carboxylic acid groups (broad SMARTS) is 1. The fraction of sp³-hybridized carbons (Fsp3) is 0.429. The number of benzene rings is 1. The first-order valence-corrected chi connectivity index (χ1v) is 6.55. The Kier molecular flexibility index (Phi) is 4.45. The summed E-state index contributed by atoms with van der Waals surface area (Å²) in [7, 11) is 0. The number of rotatable bonds is 5. The molecule has 0 bridgehead atoms. The van der Waals surface area contributed by atoms with Gasteiger partial charge in [0.15, 0.2) is 0 Å². The number of carbonyl (C=O) groups is 2. The lowest BCUT2D eigenvalue weighted by atomic mass is 10.1. The first kappa shape index (κ1) is 14.2. The monoisotopic (exact) mass is 278 g/mol. The average molecular weight is 278 g/mol. The molecule has 20 heavy (non-hydrogen) atoms. The normalized spacial score (nSPS) is 17.8. The molecule has 2 rings (SSSR count). The van der Waals surface area contributed by atoms with E-state index in [1.807, 2.05) is 24.3 Å². The van der Waals surface area contributed by atoms with Gasteiger partial charge < -0.3 is 20.5 Å². The number of fused-ring (bicyclic) bond motifs is 1. The number of ether oxygens (including phenoxy) is 1. The van der Waals surface area contributed by atoms with Crippen molar-refractivity contribution in [2.45, 2.75) is 19.4 Å². The number of para-hydroxylation sites is 1. The Bertz CT molecular complexity index is 479. The van der Waals surface area contributed by atoms with Gasteiger partial charge in [0.25, 0.3) is 0 Å². The smallest absolute Gasteiger partial charge is 0.314 e. The van der Waals surface area contributed by atoms with Crippen molar-refractivity contribution >= 4 is 12.0 Å².